The fraction of sp³-hybridized carbons (Fsp3) is 0.100. The average Bonchev–Trinajstić information content (AvgIpc) is 3.16. The maximum absolute atomic E-state index is 11.3. The Morgan fingerprint density at radius 2 is 1.89 bits per heavy atom. The molecule has 2 aromatic carbocycles. The molecule has 0 aliphatic rings. The molecule has 1 atom stereocenters. The summed E-state index contributed by atoms with van der Waals surface area (Å²) in [5.74, 6) is -0.0860. The number of para-hydroxylation sites is 1. The molecule has 4 aromatic rings. The molecule has 4 rings (SSSR count). The van der Waals surface area contributed by atoms with Crippen LogP contribution in [0, 0.1) is 0 Å². The van der Waals surface area contributed by atoms with Gasteiger partial charge in [0.05, 0.1) is 22.0 Å². The molecular formula is C20H15ClN4O2S. The van der Waals surface area contributed by atoms with Crippen LogP contribution < -0.4 is 5.73 Å². The number of nitrogens with zero attached hydrogens (tertiary/aromatic N) is 3. The fourth-order valence-corrected chi connectivity index (χ4v) is 3.46. The molecule has 0 fully saturated rings. The molecule has 8 heteroatoms. The van der Waals surface area contributed by atoms with Crippen molar-refractivity contribution in [3.05, 3.63) is 59.6 Å². The summed E-state index contributed by atoms with van der Waals surface area (Å²) in [5.41, 5.74) is 8.57. The third-order valence-corrected chi connectivity index (χ3v) is 5.38. The molecule has 0 spiro atoms. The molecule has 2 N–H and O–H groups in total. The van der Waals surface area contributed by atoms with Gasteiger partial charge in [-0.05, 0) is 31.2 Å². The summed E-state index contributed by atoms with van der Waals surface area (Å²) in [4.78, 5) is 16.0. The van der Waals surface area contributed by atoms with Gasteiger partial charge in [-0.3, -0.25) is 4.79 Å². The minimum atomic E-state index is -0.466. The number of nitrogens with two attached hydrogens (primary N) is 1. The van der Waals surface area contributed by atoms with Crippen molar-refractivity contribution in [1.29, 1.82) is 0 Å². The number of pyridine rings is 1. The Morgan fingerprint density at radius 3 is 2.64 bits per heavy atom. The van der Waals surface area contributed by atoms with Crippen molar-refractivity contribution in [3.8, 4) is 22.7 Å². The van der Waals surface area contributed by atoms with Crippen LogP contribution in [-0.4, -0.2) is 26.3 Å². The first-order valence-corrected chi connectivity index (χ1v) is 9.72. The Morgan fingerprint density at radius 1 is 1.14 bits per heavy atom. The summed E-state index contributed by atoms with van der Waals surface area (Å²) in [6.45, 7) is 1.69. The summed E-state index contributed by atoms with van der Waals surface area (Å²) in [5, 5.41) is 9.57. The number of fused-ring (bicyclic) bond motifs is 1. The Bertz CT molecular complexity index is 1160. The highest BCUT2D eigenvalue weighted by Crippen LogP contribution is 2.33. The highest BCUT2D eigenvalue weighted by atomic mass is 35.5. The second-order valence-electron chi connectivity index (χ2n) is 6.11. The number of benzene rings is 2. The van der Waals surface area contributed by atoms with E-state index in [0.29, 0.717) is 10.9 Å². The van der Waals surface area contributed by atoms with Crippen LogP contribution in [0.4, 0.5) is 0 Å². The maximum atomic E-state index is 11.3. The summed E-state index contributed by atoms with van der Waals surface area (Å²) < 4.78 is 5.79. The van der Waals surface area contributed by atoms with Crippen molar-refractivity contribution in [2.45, 2.75) is 17.4 Å². The van der Waals surface area contributed by atoms with Crippen LogP contribution in [0.1, 0.15) is 6.92 Å². The Kier molecular flexibility index (Phi) is 5.02. The molecule has 1 amide bonds. The van der Waals surface area contributed by atoms with E-state index < -0.39 is 11.2 Å². The minimum absolute atomic E-state index is 0.287. The summed E-state index contributed by atoms with van der Waals surface area (Å²) in [7, 11) is 0. The van der Waals surface area contributed by atoms with Gasteiger partial charge in [0, 0.05) is 16.0 Å². The van der Waals surface area contributed by atoms with Crippen molar-refractivity contribution in [2.24, 2.45) is 5.73 Å². The first kappa shape index (κ1) is 18.5. The number of aromatic nitrogens is 3. The smallest absolute Gasteiger partial charge is 0.277 e. The number of carbonyl (C=O) groups is 1. The number of hydrogen-bond acceptors (Lipinski definition) is 6. The number of carbonyl (C=O) groups excluding carboxylic acids is 1. The van der Waals surface area contributed by atoms with Crippen LogP contribution in [0.3, 0.4) is 0 Å². The molecule has 0 radical (unpaired) electrons. The number of primary amides is 1. The highest BCUT2D eigenvalue weighted by molar-refractivity contribution is 8.00. The summed E-state index contributed by atoms with van der Waals surface area (Å²) in [6.07, 6.45) is 0. The molecule has 0 aliphatic heterocycles. The number of thioether (sulfide) groups is 1. The van der Waals surface area contributed by atoms with Crippen molar-refractivity contribution < 1.29 is 9.21 Å². The topological polar surface area (TPSA) is 94.9 Å². The largest absolute Gasteiger partial charge is 0.411 e. The van der Waals surface area contributed by atoms with Crippen molar-refractivity contribution in [3.63, 3.8) is 0 Å². The van der Waals surface area contributed by atoms with Gasteiger partial charge in [-0.15, -0.1) is 10.2 Å². The van der Waals surface area contributed by atoms with Crippen LogP contribution >= 0.6 is 23.4 Å². The first-order chi connectivity index (χ1) is 13.5. The number of rotatable bonds is 5. The van der Waals surface area contributed by atoms with E-state index in [1.165, 1.54) is 0 Å². The lowest BCUT2D eigenvalue weighted by Crippen LogP contribution is -2.22. The normalized spacial score (nSPS) is 12.2. The monoisotopic (exact) mass is 410 g/mol. The van der Waals surface area contributed by atoms with Gasteiger partial charge in [0.15, 0.2) is 0 Å². The average molecular weight is 411 g/mol. The summed E-state index contributed by atoms with van der Waals surface area (Å²) >= 11 is 7.13. The third-order valence-electron chi connectivity index (χ3n) is 4.17. The molecule has 2 heterocycles. The van der Waals surface area contributed by atoms with E-state index in [0.717, 1.165) is 39.5 Å². The molecule has 28 heavy (non-hydrogen) atoms. The van der Waals surface area contributed by atoms with E-state index in [-0.39, 0.29) is 5.22 Å². The van der Waals surface area contributed by atoms with Crippen LogP contribution in [-0.2, 0) is 4.79 Å². The second-order valence-corrected chi connectivity index (χ2v) is 7.84. The molecule has 6 nitrogen and oxygen atoms in total. The number of amides is 1. The third kappa shape index (κ3) is 3.72. The van der Waals surface area contributed by atoms with Gasteiger partial charge in [0.2, 0.25) is 11.8 Å². The van der Waals surface area contributed by atoms with Gasteiger partial charge in [0.25, 0.3) is 5.22 Å². The van der Waals surface area contributed by atoms with Gasteiger partial charge in [-0.25, -0.2) is 4.98 Å². The van der Waals surface area contributed by atoms with Crippen LogP contribution in [0.25, 0.3) is 33.6 Å². The van der Waals surface area contributed by atoms with Gasteiger partial charge >= 0.3 is 0 Å². The fourth-order valence-electron chi connectivity index (χ4n) is 2.70. The lowest BCUT2D eigenvalue weighted by molar-refractivity contribution is -0.117. The lowest BCUT2D eigenvalue weighted by Gasteiger charge is -2.07. The van der Waals surface area contributed by atoms with E-state index in [9.17, 15) is 4.79 Å². The lowest BCUT2D eigenvalue weighted by atomic mass is 10.0. The van der Waals surface area contributed by atoms with E-state index in [2.05, 4.69) is 10.2 Å². The Hall–Kier alpha value is -2.90. The molecule has 0 bridgehead atoms. The van der Waals surface area contributed by atoms with Crippen molar-refractivity contribution >= 4 is 40.2 Å². The molecule has 0 saturated heterocycles. The predicted octanol–water partition coefficient (Wildman–Crippen LogP) is 4.57. The highest BCUT2D eigenvalue weighted by Gasteiger charge is 2.18. The predicted molar refractivity (Wildman–Crippen MR) is 110 cm³/mol. The van der Waals surface area contributed by atoms with Gasteiger partial charge in [0.1, 0.15) is 0 Å². The molecule has 0 aliphatic carbocycles. The van der Waals surface area contributed by atoms with Crippen LogP contribution in [0.5, 0.6) is 0 Å². The van der Waals surface area contributed by atoms with Crippen LogP contribution in [0.2, 0.25) is 5.02 Å². The summed E-state index contributed by atoms with van der Waals surface area (Å²) in [6, 6.07) is 17.1. The van der Waals surface area contributed by atoms with E-state index >= 15 is 0 Å². The number of halogens is 1. The Balaban J connectivity index is 1.81. The van der Waals surface area contributed by atoms with E-state index in [1.54, 1.807) is 6.92 Å². The van der Waals surface area contributed by atoms with E-state index in [4.69, 9.17) is 26.7 Å². The first-order valence-electron chi connectivity index (χ1n) is 8.47. The standard InChI is InChI=1S/C20H15ClN4O2S/c1-11(18(22)26)28-20-25-24-19(27-20)15-10-17(12-6-8-13(21)9-7-12)23-16-5-3-2-4-14(15)16/h2-11H,1H3,(H2,22,26)/t11-/m1/s1. The molecular weight excluding hydrogens is 396 g/mol. The Labute approximate surface area is 170 Å². The molecule has 0 saturated carbocycles. The molecule has 0 unspecified atom stereocenters. The molecule has 2 aromatic heterocycles. The minimum Gasteiger partial charge on any atom is -0.411 e. The zero-order chi connectivity index (χ0) is 19.7. The van der Waals surface area contributed by atoms with Crippen LogP contribution in [0.15, 0.2) is 64.2 Å². The van der Waals surface area contributed by atoms with Gasteiger partial charge in [-0.1, -0.05) is 53.7 Å². The maximum Gasteiger partial charge on any atom is 0.277 e. The number of hydrogen-bond donors (Lipinski definition) is 1. The second kappa shape index (κ2) is 7.61. The zero-order valence-corrected chi connectivity index (χ0v) is 16.4. The van der Waals surface area contributed by atoms with Gasteiger partial charge in [-0.2, -0.15) is 0 Å². The zero-order valence-electron chi connectivity index (χ0n) is 14.8. The van der Waals surface area contributed by atoms with Crippen molar-refractivity contribution in [2.75, 3.05) is 0 Å². The van der Waals surface area contributed by atoms with Gasteiger partial charge < -0.3 is 10.2 Å². The molecule has 140 valence electrons. The van der Waals surface area contributed by atoms with Crippen molar-refractivity contribution in [1.82, 2.24) is 15.2 Å². The SMILES string of the molecule is C[C@@H](Sc1nnc(-c2cc(-c3ccc(Cl)cc3)nc3ccccc23)o1)C(N)=O. The van der Waals surface area contributed by atoms with E-state index in [1.807, 2.05) is 54.6 Å². The quantitative estimate of drug-likeness (QED) is 0.484.